The normalized spacial score (nSPS) is 10.7. The molecular weight excluding hydrogens is 158 g/mol. The lowest BCUT2D eigenvalue weighted by Crippen LogP contribution is -1.83. The van der Waals surface area contributed by atoms with Crippen LogP contribution in [-0.4, -0.2) is 6.21 Å². The quantitative estimate of drug-likeness (QED) is 0.607. The Morgan fingerprint density at radius 3 is 2.31 bits per heavy atom. The molecule has 0 radical (unpaired) electrons. The van der Waals surface area contributed by atoms with Crippen LogP contribution in [0.3, 0.4) is 0 Å². The molecule has 0 aliphatic carbocycles. The van der Waals surface area contributed by atoms with E-state index in [-0.39, 0.29) is 0 Å². The number of allylic oxidation sites excluding steroid dienone is 1. The summed E-state index contributed by atoms with van der Waals surface area (Å²) in [5.74, 6) is 0. The van der Waals surface area contributed by atoms with Gasteiger partial charge in [-0.3, -0.25) is 4.99 Å². The third-order valence-electron chi connectivity index (χ3n) is 2.13. The molecule has 1 aromatic rings. The summed E-state index contributed by atoms with van der Waals surface area (Å²) in [6.45, 7) is 9.88. The molecule has 0 spiro atoms. The van der Waals surface area contributed by atoms with E-state index in [0.29, 0.717) is 0 Å². The summed E-state index contributed by atoms with van der Waals surface area (Å²) in [6.07, 6.45) is 3.41. The minimum Gasteiger partial charge on any atom is -0.257 e. The van der Waals surface area contributed by atoms with Crippen molar-refractivity contribution in [2.45, 2.75) is 20.8 Å². The van der Waals surface area contributed by atoms with Gasteiger partial charge in [0.25, 0.3) is 0 Å². The van der Waals surface area contributed by atoms with E-state index in [2.05, 4.69) is 44.5 Å². The maximum Gasteiger partial charge on any atom is 0.0661 e. The SMILES string of the molecule is C=C/C=N\c1cc(C)c(C)cc1C. The lowest BCUT2D eigenvalue weighted by atomic mass is 10.1. The molecule has 0 saturated heterocycles. The van der Waals surface area contributed by atoms with Crippen LogP contribution in [0.5, 0.6) is 0 Å². The third-order valence-corrected chi connectivity index (χ3v) is 2.13. The summed E-state index contributed by atoms with van der Waals surface area (Å²) >= 11 is 0. The van der Waals surface area contributed by atoms with E-state index in [1.165, 1.54) is 16.7 Å². The lowest BCUT2D eigenvalue weighted by molar-refractivity contribution is 1.28. The predicted molar refractivity (Wildman–Crippen MR) is 59.0 cm³/mol. The van der Waals surface area contributed by atoms with Crippen LogP contribution in [0.1, 0.15) is 16.7 Å². The Morgan fingerprint density at radius 2 is 1.69 bits per heavy atom. The van der Waals surface area contributed by atoms with Gasteiger partial charge in [0.05, 0.1) is 5.69 Å². The fourth-order valence-corrected chi connectivity index (χ4v) is 1.22. The molecule has 13 heavy (non-hydrogen) atoms. The summed E-state index contributed by atoms with van der Waals surface area (Å²) in [5.41, 5.74) is 4.83. The second kappa shape index (κ2) is 4.04. The van der Waals surface area contributed by atoms with Gasteiger partial charge >= 0.3 is 0 Å². The molecular formula is C12H15N. The molecule has 0 heterocycles. The summed E-state index contributed by atoms with van der Waals surface area (Å²) in [6, 6.07) is 4.26. The van der Waals surface area contributed by atoms with Crippen molar-refractivity contribution in [3.05, 3.63) is 41.5 Å². The number of benzene rings is 1. The number of hydrogen-bond donors (Lipinski definition) is 0. The van der Waals surface area contributed by atoms with Gasteiger partial charge in [0, 0.05) is 6.21 Å². The molecule has 0 aliphatic heterocycles. The molecule has 0 aromatic heterocycles. The van der Waals surface area contributed by atoms with E-state index < -0.39 is 0 Å². The van der Waals surface area contributed by atoms with E-state index in [1.54, 1.807) is 12.3 Å². The van der Waals surface area contributed by atoms with Gasteiger partial charge in [-0.25, -0.2) is 0 Å². The van der Waals surface area contributed by atoms with Crippen molar-refractivity contribution < 1.29 is 0 Å². The van der Waals surface area contributed by atoms with Crippen molar-refractivity contribution in [1.82, 2.24) is 0 Å². The van der Waals surface area contributed by atoms with Crippen LogP contribution in [0.15, 0.2) is 29.8 Å². The van der Waals surface area contributed by atoms with Gasteiger partial charge in [0.1, 0.15) is 0 Å². The minimum atomic E-state index is 1.03. The molecule has 0 unspecified atom stereocenters. The van der Waals surface area contributed by atoms with E-state index in [4.69, 9.17) is 0 Å². The highest BCUT2D eigenvalue weighted by Gasteiger charge is 1.98. The maximum absolute atomic E-state index is 4.28. The van der Waals surface area contributed by atoms with Crippen molar-refractivity contribution in [2.24, 2.45) is 4.99 Å². The van der Waals surface area contributed by atoms with Gasteiger partial charge in [-0.05, 0) is 43.5 Å². The molecule has 1 aromatic carbocycles. The maximum atomic E-state index is 4.28. The van der Waals surface area contributed by atoms with Crippen molar-refractivity contribution >= 4 is 11.9 Å². The molecule has 68 valence electrons. The van der Waals surface area contributed by atoms with Crippen molar-refractivity contribution in [3.63, 3.8) is 0 Å². The van der Waals surface area contributed by atoms with Crippen molar-refractivity contribution in [3.8, 4) is 0 Å². The smallest absolute Gasteiger partial charge is 0.0661 e. The zero-order valence-corrected chi connectivity index (χ0v) is 8.46. The molecule has 0 amide bonds. The highest BCUT2D eigenvalue weighted by molar-refractivity contribution is 5.74. The Kier molecular flexibility index (Phi) is 3.02. The van der Waals surface area contributed by atoms with Crippen molar-refractivity contribution in [1.29, 1.82) is 0 Å². The van der Waals surface area contributed by atoms with E-state index in [0.717, 1.165) is 5.69 Å². The average molecular weight is 173 g/mol. The van der Waals surface area contributed by atoms with Gasteiger partial charge in [-0.1, -0.05) is 18.7 Å². The highest BCUT2D eigenvalue weighted by atomic mass is 14.7. The molecule has 0 fully saturated rings. The number of aryl methyl sites for hydroxylation is 3. The lowest BCUT2D eigenvalue weighted by Gasteiger charge is -2.04. The number of nitrogens with zero attached hydrogens (tertiary/aromatic N) is 1. The van der Waals surface area contributed by atoms with E-state index in [9.17, 15) is 0 Å². The second-order valence-electron chi connectivity index (χ2n) is 3.24. The minimum absolute atomic E-state index is 1.03. The van der Waals surface area contributed by atoms with Crippen LogP contribution in [0.4, 0.5) is 5.69 Å². The zero-order valence-electron chi connectivity index (χ0n) is 8.46. The molecule has 0 aliphatic rings. The first-order chi connectivity index (χ1) is 6.15. The Hall–Kier alpha value is -1.37. The predicted octanol–water partition coefficient (Wildman–Crippen LogP) is 3.50. The van der Waals surface area contributed by atoms with Crippen LogP contribution in [0.2, 0.25) is 0 Å². The standard InChI is InChI=1S/C12H15N/c1-5-6-13-12-8-10(3)9(2)7-11(12)4/h5-8H,1H2,2-4H3/b13-6-. The Balaban J connectivity index is 3.15. The van der Waals surface area contributed by atoms with Crippen LogP contribution in [0.25, 0.3) is 0 Å². The Morgan fingerprint density at radius 1 is 1.08 bits per heavy atom. The largest absolute Gasteiger partial charge is 0.257 e. The van der Waals surface area contributed by atoms with Crippen molar-refractivity contribution in [2.75, 3.05) is 0 Å². The Labute approximate surface area is 79.8 Å². The molecule has 0 atom stereocenters. The molecule has 1 nitrogen and oxygen atoms in total. The topological polar surface area (TPSA) is 12.4 Å². The summed E-state index contributed by atoms with van der Waals surface area (Å²) in [4.78, 5) is 4.28. The molecule has 0 saturated carbocycles. The molecule has 1 rings (SSSR count). The van der Waals surface area contributed by atoms with Crippen LogP contribution in [-0.2, 0) is 0 Å². The number of aliphatic imine (C=N–C) groups is 1. The van der Waals surface area contributed by atoms with Gasteiger partial charge in [-0.2, -0.15) is 0 Å². The third kappa shape index (κ3) is 2.28. The van der Waals surface area contributed by atoms with E-state index >= 15 is 0 Å². The van der Waals surface area contributed by atoms with Gasteiger partial charge in [0.15, 0.2) is 0 Å². The first-order valence-corrected chi connectivity index (χ1v) is 4.38. The van der Waals surface area contributed by atoms with Gasteiger partial charge in [0.2, 0.25) is 0 Å². The zero-order chi connectivity index (χ0) is 9.84. The van der Waals surface area contributed by atoms with Crippen LogP contribution in [0, 0.1) is 20.8 Å². The average Bonchev–Trinajstić information content (AvgIpc) is 2.09. The summed E-state index contributed by atoms with van der Waals surface area (Å²) in [5, 5.41) is 0. The highest BCUT2D eigenvalue weighted by Crippen LogP contribution is 2.22. The van der Waals surface area contributed by atoms with E-state index in [1.807, 2.05) is 0 Å². The number of hydrogen-bond acceptors (Lipinski definition) is 1. The molecule has 0 bridgehead atoms. The summed E-state index contributed by atoms with van der Waals surface area (Å²) in [7, 11) is 0. The molecule has 0 N–H and O–H groups in total. The second-order valence-corrected chi connectivity index (χ2v) is 3.24. The van der Waals surface area contributed by atoms with Crippen LogP contribution >= 0.6 is 0 Å². The van der Waals surface area contributed by atoms with Crippen LogP contribution < -0.4 is 0 Å². The monoisotopic (exact) mass is 173 g/mol. The number of rotatable bonds is 2. The van der Waals surface area contributed by atoms with Gasteiger partial charge in [-0.15, -0.1) is 0 Å². The first kappa shape index (κ1) is 9.72. The first-order valence-electron chi connectivity index (χ1n) is 4.38. The molecule has 1 heteroatoms. The Bertz CT molecular complexity index is 348. The van der Waals surface area contributed by atoms with Gasteiger partial charge < -0.3 is 0 Å². The fraction of sp³-hybridized carbons (Fsp3) is 0.250. The summed E-state index contributed by atoms with van der Waals surface area (Å²) < 4.78 is 0. The fourth-order valence-electron chi connectivity index (χ4n) is 1.22.